The number of urea groups is 1. The van der Waals surface area contributed by atoms with Crippen molar-refractivity contribution in [1.82, 2.24) is 9.80 Å². The quantitative estimate of drug-likeness (QED) is 0.312. The van der Waals surface area contributed by atoms with Gasteiger partial charge in [-0.2, -0.15) is 0 Å². The van der Waals surface area contributed by atoms with Gasteiger partial charge < -0.3 is 29.0 Å². The lowest BCUT2D eigenvalue weighted by molar-refractivity contribution is -0.132. The number of hydrogen-bond donors (Lipinski definition) is 1. The van der Waals surface area contributed by atoms with Crippen LogP contribution in [0, 0.1) is 12.7 Å². The fourth-order valence-electron chi connectivity index (χ4n) is 3.98. The van der Waals surface area contributed by atoms with Gasteiger partial charge in [0.15, 0.2) is 11.5 Å². The molecule has 3 aromatic rings. The molecule has 8 nitrogen and oxygen atoms in total. The largest absolute Gasteiger partial charge is 0.493 e. The first kappa shape index (κ1) is 28.6. The smallest absolute Gasteiger partial charge is 0.322 e. The molecule has 2 aromatic carbocycles. The molecule has 0 fully saturated rings. The summed E-state index contributed by atoms with van der Waals surface area (Å²) in [6.45, 7) is 4.81. The molecule has 0 atom stereocenters. The molecular formula is C29H36FN3O5. The summed E-state index contributed by atoms with van der Waals surface area (Å²) in [4.78, 5) is 29.7. The zero-order valence-electron chi connectivity index (χ0n) is 22.5. The predicted octanol–water partition coefficient (Wildman–Crippen LogP) is 5.65. The van der Waals surface area contributed by atoms with Gasteiger partial charge in [0, 0.05) is 18.8 Å². The SMILES string of the molecule is CCCCN(CC(=O)N(CCc1ccc(OC)c(OC)c1)Cc1ccc(C)o1)C(=O)Nc1cccc(F)c1. The Hall–Kier alpha value is -4.01. The second-order valence-corrected chi connectivity index (χ2v) is 8.98. The number of nitrogens with zero attached hydrogens (tertiary/aromatic N) is 2. The fourth-order valence-corrected chi connectivity index (χ4v) is 3.98. The molecule has 0 saturated carbocycles. The number of furan rings is 1. The molecule has 0 bridgehead atoms. The van der Waals surface area contributed by atoms with Gasteiger partial charge in [-0.1, -0.05) is 25.5 Å². The molecule has 0 aliphatic carbocycles. The highest BCUT2D eigenvalue weighted by Crippen LogP contribution is 2.28. The molecule has 0 aliphatic rings. The van der Waals surface area contributed by atoms with Crippen molar-refractivity contribution in [3.8, 4) is 11.5 Å². The summed E-state index contributed by atoms with van der Waals surface area (Å²) < 4.78 is 30.1. The van der Waals surface area contributed by atoms with Crippen LogP contribution < -0.4 is 14.8 Å². The number of amides is 3. The van der Waals surface area contributed by atoms with Crippen molar-refractivity contribution in [3.05, 3.63) is 77.5 Å². The molecule has 0 saturated heterocycles. The summed E-state index contributed by atoms with van der Waals surface area (Å²) >= 11 is 0. The number of nitrogens with one attached hydrogen (secondary N) is 1. The molecule has 3 rings (SSSR count). The van der Waals surface area contributed by atoms with Gasteiger partial charge in [0.1, 0.15) is 23.9 Å². The number of carbonyl (C=O) groups is 2. The molecule has 3 amide bonds. The van der Waals surface area contributed by atoms with Gasteiger partial charge in [0.05, 0.1) is 20.8 Å². The van der Waals surface area contributed by atoms with E-state index in [4.69, 9.17) is 13.9 Å². The van der Waals surface area contributed by atoms with Crippen molar-refractivity contribution in [3.63, 3.8) is 0 Å². The minimum Gasteiger partial charge on any atom is -0.493 e. The average molecular weight is 526 g/mol. The van der Waals surface area contributed by atoms with E-state index in [1.54, 1.807) is 25.2 Å². The van der Waals surface area contributed by atoms with Crippen molar-refractivity contribution < 1.29 is 27.9 Å². The molecule has 0 radical (unpaired) electrons. The Morgan fingerprint density at radius 2 is 1.76 bits per heavy atom. The Morgan fingerprint density at radius 3 is 2.42 bits per heavy atom. The highest BCUT2D eigenvalue weighted by Gasteiger charge is 2.22. The zero-order chi connectivity index (χ0) is 27.5. The molecular weight excluding hydrogens is 489 g/mol. The summed E-state index contributed by atoms with van der Waals surface area (Å²) in [5, 5.41) is 2.70. The molecule has 1 heterocycles. The molecule has 0 spiro atoms. The van der Waals surface area contributed by atoms with Gasteiger partial charge in [-0.3, -0.25) is 4.79 Å². The third-order valence-electron chi connectivity index (χ3n) is 6.08. The van der Waals surface area contributed by atoms with Crippen molar-refractivity contribution in [1.29, 1.82) is 0 Å². The summed E-state index contributed by atoms with van der Waals surface area (Å²) in [5.41, 5.74) is 1.31. The van der Waals surface area contributed by atoms with Crippen LogP contribution in [0.15, 0.2) is 59.0 Å². The van der Waals surface area contributed by atoms with Crippen LogP contribution in [0.4, 0.5) is 14.9 Å². The van der Waals surface area contributed by atoms with Crippen molar-refractivity contribution in [2.75, 3.05) is 39.2 Å². The monoisotopic (exact) mass is 525 g/mol. The van der Waals surface area contributed by atoms with Crippen molar-refractivity contribution in [2.45, 2.75) is 39.7 Å². The second-order valence-electron chi connectivity index (χ2n) is 8.98. The van der Waals surface area contributed by atoms with Gasteiger partial charge in [-0.15, -0.1) is 0 Å². The Labute approximate surface area is 223 Å². The first-order chi connectivity index (χ1) is 18.3. The van der Waals surface area contributed by atoms with Gasteiger partial charge >= 0.3 is 6.03 Å². The summed E-state index contributed by atoms with van der Waals surface area (Å²) in [5.74, 6) is 1.99. The van der Waals surface area contributed by atoms with Gasteiger partial charge in [0.25, 0.3) is 0 Å². The van der Waals surface area contributed by atoms with E-state index >= 15 is 0 Å². The van der Waals surface area contributed by atoms with Crippen molar-refractivity contribution >= 4 is 17.6 Å². The van der Waals surface area contributed by atoms with Crippen LogP contribution in [0.2, 0.25) is 0 Å². The lowest BCUT2D eigenvalue weighted by Crippen LogP contribution is -2.45. The molecule has 1 N–H and O–H groups in total. The van der Waals surface area contributed by atoms with E-state index in [0.29, 0.717) is 42.5 Å². The number of anilines is 1. The number of carbonyl (C=O) groups excluding carboxylic acids is 2. The first-order valence-corrected chi connectivity index (χ1v) is 12.7. The molecule has 0 aliphatic heterocycles. The third-order valence-corrected chi connectivity index (χ3v) is 6.08. The fraction of sp³-hybridized carbons (Fsp3) is 0.379. The maximum atomic E-state index is 13.6. The number of benzene rings is 2. The minimum absolute atomic E-state index is 0.118. The Kier molecular flexibility index (Phi) is 10.6. The van der Waals surface area contributed by atoms with Crippen LogP contribution in [0.1, 0.15) is 36.8 Å². The molecule has 204 valence electrons. The number of rotatable bonds is 13. The number of aryl methyl sites for hydroxylation is 1. The van der Waals surface area contributed by atoms with E-state index in [1.165, 1.54) is 23.1 Å². The predicted molar refractivity (Wildman–Crippen MR) is 144 cm³/mol. The van der Waals surface area contributed by atoms with E-state index in [9.17, 15) is 14.0 Å². The topological polar surface area (TPSA) is 84.2 Å². The van der Waals surface area contributed by atoms with Gasteiger partial charge in [-0.05, 0) is 67.8 Å². The van der Waals surface area contributed by atoms with Crippen molar-refractivity contribution in [2.24, 2.45) is 0 Å². The van der Waals surface area contributed by atoms with E-state index in [-0.39, 0.29) is 19.0 Å². The molecule has 1 aromatic heterocycles. The Bertz CT molecular complexity index is 1210. The second kappa shape index (κ2) is 14.1. The molecule has 0 unspecified atom stereocenters. The number of unbranched alkanes of at least 4 members (excludes halogenated alkanes) is 1. The maximum Gasteiger partial charge on any atom is 0.322 e. The van der Waals surface area contributed by atoms with Crippen LogP contribution in [0.25, 0.3) is 0 Å². The number of ether oxygens (including phenoxy) is 2. The van der Waals surface area contributed by atoms with E-state index in [0.717, 1.165) is 24.2 Å². The van der Waals surface area contributed by atoms with Gasteiger partial charge in [-0.25, -0.2) is 9.18 Å². The number of hydrogen-bond acceptors (Lipinski definition) is 5. The zero-order valence-corrected chi connectivity index (χ0v) is 22.5. The van der Waals surface area contributed by atoms with Crippen LogP contribution >= 0.6 is 0 Å². The first-order valence-electron chi connectivity index (χ1n) is 12.7. The molecule has 38 heavy (non-hydrogen) atoms. The van der Waals surface area contributed by atoms with Gasteiger partial charge in [0.2, 0.25) is 5.91 Å². The lowest BCUT2D eigenvalue weighted by Gasteiger charge is -2.27. The lowest BCUT2D eigenvalue weighted by atomic mass is 10.1. The minimum atomic E-state index is -0.453. The van der Waals surface area contributed by atoms with Crippen LogP contribution in [0.5, 0.6) is 11.5 Å². The normalized spacial score (nSPS) is 10.7. The third kappa shape index (κ3) is 8.26. The van der Waals surface area contributed by atoms with E-state index in [2.05, 4.69) is 5.32 Å². The molecule has 9 heteroatoms. The highest BCUT2D eigenvalue weighted by molar-refractivity contribution is 5.92. The Morgan fingerprint density at radius 1 is 0.974 bits per heavy atom. The standard InChI is InChI=1S/C29H36FN3O5/c1-5-6-15-33(29(35)31-24-9-7-8-23(30)18-24)20-28(34)32(19-25-12-10-21(2)38-25)16-14-22-11-13-26(36-3)27(17-22)37-4/h7-13,17-18H,5-6,14-16,19-20H2,1-4H3,(H,31,35). The number of methoxy groups -OCH3 is 2. The van der Waals surface area contributed by atoms with Crippen LogP contribution in [-0.2, 0) is 17.8 Å². The van der Waals surface area contributed by atoms with E-state index < -0.39 is 11.8 Å². The maximum absolute atomic E-state index is 13.6. The highest BCUT2D eigenvalue weighted by atomic mass is 19.1. The average Bonchev–Trinajstić information content (AvgIpc) is 3.32. The Balaban J connectivity index is 1.75. The van der Waals surface area contributed by atoms with Crippen LogP contribution in [0.3, 0.4) is 0 Å². The summed E-state index contributed by atoms with van der Waals surface area (Å²) in [6, 6.07) is 14.6. The van der Waals surface area contributed by atoms with Crippen LogP contribution in [-0.4, -0.2) is 55.6 Å². The summed E-state index contributed by atoms with van der Waals surface area (Å²) in [6.07, 6.45) is 2.15. The van der Waals surface area contributed by atoms with E-state index in [1.807, 2.05) is 44.2 Å². The summed E-state index contributed by atoms with van der Waals surface area (Å²) in [7, 11) is 3.16. The number of halogens is 1.